The number of carbonyl (C=O) groups excluding carboxylic acids is 1. The number of amidine groups is 1. The van der Waals surface area contributed by atoms with Gasteiger partial charge in [-0.3, -0.25) is 4.79 Å². The molecular weight excluding hydrogens is 442 g/mol. The van der Waals surface area contributed by atoms with E-state index in [2.05, 4.69) is 58.6 Å². The van der Waals surface area contributed by atoms with Crippen LogP contribution in [0.1, 0.15) is 46.1 Å². The highest BCUT2D eigenvalue weighted by Crippen LogP contribution is 2.30. The number of aromatic nitrogens is 3. The molecule has 0 saturated carbocycles. The minimum absolute atomic E-state index is 0.243. The summed E-state index contributed by atoms with van der Waals surface area (Å²) in [5.41, 5.74) is 8.67. The number of nitrogens with zero attached hydrogens (tertiary/aromatic N) is 5. The van der Waals surface area contributed by atoms with Crippen molar-refractivity contribution in [2.24, 2.45) is 10.1 Å². The lowest BCUT2D eigenvalue weighted by Gasteiger charge is -2.19. The van der Waals surface area contributed by atoms with E-state index in [4.69, 9.17) is 0 Å². The first kappa shape index (κ1) is 23.8. The molecule has 1 amide bonds. The smallest absolute Gasteiger partial charge is 0.254 e. The van der Waals surface area contributed by atoms with Crippen LogP contribution in [0.5, 0.6) is 0 Å². The zero-order valence-corrected chi connectivity index (χ0v) is 20.3. The molecule has 0 fully saturated rings. The van der Waals surface area contributed by atoms with Gasteiger partial charge in [0.15, 0.2) is 5.84 Å². The summed E-state index contributed by atoms with van der Waals surface area (Å²) in [6, 6.07) is 7.95. The van der Waals surface area contributed by atoms with Crippen molar-refractivity contribution >= 4 is 41.1 Å². The molecule has 1 aliphatic heterocycles. The molecular formula is C25H29N9O. The SMILES string of the molecule is CC=N/C(=N\NC)c1cc2cc(c1C)Nc1cc(ncc1C(=O)NC)Nc1nccc(n1)CCC2. The van der Waals surface area contributed by atoms with Gasteiger partial charge in [0.1, 0.15) is 5.82 Å². The lowest BCUT2D eigenvalue weighted by Crippen LogP contribution is -2.20. The Hall–Kier alpha value is -4.34. The van der Waals surface area contributed by atoms with Gasteiger partial charge in [-0.1, -0.05) is 0 Å². The number of hydrogen-bond acceptors (Lipinski definition) is 8. The Morgan fingerprint density at radius 3 is 2.71 bits per heavy atom. The summed E-state index contributed by atoms with van der Waals surface area (Å²) in [5, 5.41) is 13.7. The number of carbonyl (C=O) groups is 1. The second-order valence-electron chi connectivity index (χ2n) is 8.03. The Morgan fingerprint density at radius 2 is 1.94 bits per heavy atom. The highest BCUT2D eigenvalue weighted by atomic mass is 16.1. The second-order valence-corrected chi connectivity index (χ2v) is 8.03. The molecule has 10 heteroatoms. The summed E-state index contributed by atoms with van der Waals surface area (Å²) in [4.78, 5) is 30.4. The molecule has 35 heavy (non-hydrogen) atoms. The van der Waals surface area contributed by atoms with Crippen molar-refractivity contribution in [3.05, 3.63) is 64.6 Å². The van der Waals surface area contributed by atoms with Crippen LogP contribution in [0.25, 0.3) is 0 Å². The van der Waals surface area contributed by atoms with Crippen molar-refractivity contribution in [3.63, 3.8) is 0 Å². The Labute approximate surface area is 204 Å². The Kier molecular flexibility index (Phi) is 7.30. The van der Waals surface area contributed by atoms with Crippen molar-refractivity contribution in [1.82, 2.24) is 25.7 Å². The summed E-state index contributed by atoms with van der Waals surface area (Å²) in [5.74, 6) is 1.33. The van der Waals surface area contributed by atoms with E-state index in [0.29, 0.717) is 28.9 Å². The second kappa shape index (κ2) is 10.7. The molecule has 1 aromatic carbocycles. The number of hydrazone groups is 1. The Balaban J connectivity index is 1.90. The van der Waals surface area contributed by atoms with E-state index in [1.54, 1.807) is 32.6 Å². The first-order valence-corrected chi connectivity index (χ1v) is 11.5. The van der Waals surface area contributed by atoms with E-state index in [9.17, 15) is 4.79 Å². The highest BCUT2D eigenvalue weighted by Gasteiger charge is 2.17. The number of aliphatic imine (C=N–C) groups is 1. The highest BCUT2D eigenvalue weighted by molar-refractivity contribution is 6.05. The van der Waals surface area contributed by atoms with Crippen molar-refractivity contribution in [2.75, 3.05) is 24.7 Å². The van der Waals surface area contributed by atoms with Gasteiger partial charge in [0.2, 0.25) is 5.95 Å². The number of pyridine rings is 1. The van der Waals surface area contributed by atoms with E-state index in [0.717, 1.165) is 47.3 Å². The minimum Gasteiger partial charge on any atom is -0.355 e. The molecule has 2 aromatic heterocycles. The Morgan fingerprint density at radius 1 is 1.09 bits per heavy atom. The molecule has 10 nitrogen and oxygen atoms in total. The van der Waals surface area contributed by atoms with Crippen LogP contribution >= 0.6 is 0 Å². The molecule has 3 heterocycles. The molecule has 0 aliphatic carbocycles. The molecule has 0 atom stereocenters. The molecule has 0 unspecified atom stereocenters. The van der Waals surface area contributed by atoms with Gasteiger partial charge in [-0.2, -0.15) is 5.10 Å². The fourth-order valence-corrected chi connectivity index (χ4v) is 3.94. The van der Waals surface area contributed by atoms with Crippen LogP contribution in [0, 0.1) is 6.92 Å². The molecule has 6 bridgehead atoms. The molecule has 3 aromatic rings. The van der Waals surface area contributed by atoms with Gasteiger partial charge in [0, 0.05) is 55.7 Å². The predicted octanol–water partition coefficient (Wildman–Crippen LogP) is 3.49. The number of fused-ring (bicyclic) bond motifs is 6. The zero-order valence-electron chi connectivity index (χ0n) is 20.3. The maximum Gasteiger partial charge on any atom is 0.254 e. The molecule has 180 valence electrons. The topological polar surface area (TPSA) is 129 Å². The van der Waals surface area contributed by atoms with E-state index >= 15 is 0 Å². The quantitative estimate of drug-likeness (QED) is 0.261. The third kappa shape index (κ3) is 5.43. The zero-order chi connectivity index (χ0) is 24.8. The normalized spacial score (nSPS) is 13.4. The molecule has 4 N–H and O–H groups in total. The molecule has 0 radical (unpaired) electrons. The maximum absolute atomic E-state index is 12.6. The molecule has 0 saturated heterocycles. The van der Waals surface area contributed by atoms with Gasteiger partial charge in [0.05, 0.1) is 11.3 Å². The Bertz CT molecular complexity index is 1300. The fourth-order valence-electron chi connectivity index (χ4n) is 3.94. The van der Waals surface area contributed by atoms with Crippen molar-refractivity contribution in [2.45, 2.75) is 33.1 Å². The number of hydrogen-bond donors (Lipinski definition) is 4. The van der Waals surface area contributed by atoms with Crippen molar-refractivity contribution in [3.8, 4) is 0 Å². The minimum atomic E-state index is -0.243. The molecule has 0 spiro atoms. The lowest BCUT2D eigenvalue weighted by atomic mass is 9.97. The van der Waals surface area contributed by atoms with Gasteiger partial charge in [-0.25, -0.2) is 19.9 Å². The summed E-state index contributed by atoms with van der Waals surface area (Å²) in [6.45, 7) is 3.87. The average Bonchev–Trinajstić information content (AvgIpc) is 2.85. The fraction of sp³-hybridized carbons (Fsp3) is 0.280. The van der Waals surface area contributed by atoms with Crippen LogP contribution in [0.4, 0.5) is 23.1 Å². The number of benzene rings is 1. The first-order valence-electron chi connectivity index (χ1n) is 11.5. The van der Waals surface area contributed by atoms with Crippen LogP contribution < -0.4 is 21.4 Å². The number of amides is 1. The third-order valence-electron chi connectivity index (χ3n) is 5.67. The molecule has 1 aliphatic rings. The maximum atomic E-state index is 12.6. The van der Waals surface area contributed by atoms with Gasteiger partial charge < -0.3 is 21.4 Å². The first-order chi connectivity index (χ1) is 17.0. The van der Waals surface area contributed by atoms with E-state index in [1.807, 2.05) is 19.9 Å². The van der Waals surface area contributed by atoms with Crippen LogP contribution in [0.3, 0.4) is 0 Å². The monoisotopic (exact) mass is 471 g/mol. The summed E-state index contributed by atoms with van der Waals surface area (Å²) in [6.07, 6.45) is 7.54. The standard InChI is InChI=1S/C25H29N9O/c1-5-28-23(34-27-4)18-11-16-7-6-8-17-9-10-29-25(31-17)33-22-13-21(32-20(12-16)15(18)2)19(14-30-22)24(35)26-3/h5,9-14,27,32H,6-8H2,1-4H3,(H,26,35)(H,29,30,31,33)/b28-5?,34-23-. The third-order valence-corrected chi connectivity index (χ3v) is 5.67. The number of aryl methyl sites for hydroxylation is 2. The largest absolute Gasteiger partial charge is 0.355 e. The van der Waals surface area contributed by atoms with Gasteiger partial charge >= 0.3 is 0 Å². The van der Waals surface area contributed by atoms with Gasteiger partial charge in [-0.15, -0.1) is 0 Å². The van der Waals surface area contributed by atoms with Gasteiger partial charge in [-0.05, 0) is 62.4 Å². The van der Waals surface area contributed by atoms with Crippen molar-refractivity contribution < 1.29 is 4.79 Å². The predicted molar refractivity (Wildman–Crippen MR) is 139 cm³/mol. The number of anilines is 4. The summed E-state index contributed by atoms with van der Waals surface area (Å²) >= 11 is 0. The summed E-state index contributed by atoms with van der Waals surface area (Å²) < 4.78 is 0. The summed E-state index contributed by atoms with van der Waals surface area (Å²) in [7, 11) is 3.34. The molecule has 4 rings (SSSR count). The average molecular weight is 472 g/mol. The van der Waals surface area contributed by atoms with Crippen LogP contribution in [0.15, 0.2) is 46.8 Å². The van der Waals surface area contributed by atoms with E-state index in [-0.39, 0.29) is 5.91 Å². The number of rotatable bonds is 3. The van der Waals surface area contributed by atoms with E-state index in [1.165, 1.54) is 6.20 Å². The van der Waals surface area contributed by atoms with E-state index < -0.39 is 0 Å². The van der Waals surface area contributed by atoms with Gasteiger partial charge in [0.25, 0.3) is 5.91 Å². The van der Waals surface area contributed by atoms with Crippen LogP contribution in [-0.4, -0.2) is 47.0 Å². The van der Waals surface area contributed by atoms with Crippen LogP contribution in [-0.2, 0) is 12.8 Å². The lowest BCUT2D eigenvalue weighted by molar-refractivity contribution is 0.0963. The number of nitrogens with one attached hydrogen (secondary N) is 4. The van der Waals surface area contributed by atoms with Crippen molar-refractivity contribution in [1.29, 1.82) is 0 Å². The van der Waals surface area contributed by atoms with Crippen LogP contribution in [0.2, 0.25) is 0 Å².